The number of nitrogens with one attached hydrogen (secondary N) is 1. The number of rotatable bonds is 6. The van der Waals surface area contributed by atoms with Gasteiger partial charge in [0.25, 0.3) is 0 Å². The largest absolute Gasteiger partial charge is 0.393 e. The third-order valence-electron chi connectivity index (χ3n) is 4.13. The number of anilines is 1. The lowest BCUT2D eigenvalue weighted by Gasteiger charge is -2.23. The maximum Gasteiger partial charge on any atom is 0.321 e. The quantitative estimate of drug-likeness (QED) is 0.824. The maximum absolute atomic E-state index is 12.2. The van der Waals surface area contributed by atoms with Crippen LogP contribution in [0.1, 0.15) is 19.3 Å². The number of aromatic nitrogens is 2. The van der Waals surface area contributed by atoms with Crippen molar-refractivity contribution in [3.63, 3.8) is 0 Å². The van der Waals surface area contributed by atoms with Crippen LogP contribution in [0.3, 0.4) is 0 Å². The van der Waals surface area contributed by atoms with E-state index in [4.69, 9.17) is 0 Å². The highest BCUT2D eigenvalue weighted by Crippen LogP contribution is 2.26. The zero-order chi connectivity index (χ0) is 16.1. The fourth-order valence-corrected chi connectivity index (χ4v) is 2.74. The summed E-state index contributed by atoms with van der Waals surface area (Å²) in [6.07, 6.45) is 6.09. The molecule has 0 aromatic carbocycles. The molecule has 0 radical (unpaired) electrons. The molecular weight excluding hydrogens is 282 g/mol. The van der Waals surface area contributed by atoms with E-state index in [1.807, 2.05) is 25.0 Å². The Morgan fingerprint density at radius 1 is 1.45 bits per heavy atom. The third kappa shape index (κ3) is 4.71. The number of amides is 2. The van der Waals surface area contributed by atoms with Crippen LogP contribution >= 0.6 is 0 Å². The topological polar surface area (TPSA) is 73.6 Å². The summed E-state index contributed by atoms with van der Waals surface area (Å²) in [5.74, 6) is 0.193. The SMILES string of the molecule is CN(C)CCn1cc(NC(=O)N(C)CC2CCCC2O)cn1. The van der Waals surface area contributed by atoms with E-state index < -0.39 is 0 Å². The van der Waals surface area contributed by atoms with E-state index in [2.05, 4.69) is 15.3 Å². The molecule has 0 bridgehead atoms. The average molecular weight is 309 g/mol. The molecular formula is C15H27N5O2. The Bertz CT molecular complexity index is 488. The molecule has 2 atom stereocenters. The Hall–Kier alpha value is -1.60. The van der Waals surface area contributed by atoms with Crippen molar-refractivity contribution in [2.24, 2.45) is 5.92 Å². The summed E-state index contributed by atoms with van der Waals surface area (Å²) in [6.45, 7) is 2.27. The zero-order valence-electron chi connectivity index (χ0n) is 13.7. The predicted molar refractivity (Wildman–Crippen MR) is 85.8 cm³/mol. The number of likely N-dealkylation sites (N-methyl/N-ethyl adjacent to an activating group) is 1. The second-order valence-corrected chi connectivity index (χ2v) is 6.36. The first-order chi connectivity index (χ1) is 10.5. The Labute approximate surface area is 131 Å². The van der Waals surface area contributed by atoms with Crippen LogP contribution in [0.4, 0.5) is 10.5 Å². The first kappa shape index (κ1) is 16.8. The molecule has 124 valence electrons. The van der Waals surface area contributed by atoms with Crippen LogP contribution in [0.5, 0.6) is 0 Å². The van der Waals surface area contributed by atoms with Crippen molar-refractivity contribution >= 4 is 11.7 Å². The van der Waals surface area contributed by atoms with Crippen molar-refractivity contribution < 1.29 is 9.90 Å². The highest BCUT2D eigenvalue weighted by molar-refractivity contribution is 5.88. The van der Waals surface area contributed by atoms with Crippen LogP contribution in [-0.2, 0) is 6.54 Å². The second-order valence-electron chi connectivity index (χ2n) is 6.36. The first-order valence-corrected chi connectivity index (χ1v) is 7.83. The van der Waals surface area contributed by atoms with Crippen molar-refractivity contribution in [1.29, 1.82) is 0 Å². The summed E-state index contributed by atoms with van der Waals surface area (Å²) in [5, 5.41) is 16.9. The molecule has 1 aliphatic carbocycles. The highest BCUT2D eigenvalue weighted by atomic mass is 16.3. The number of aliphatic hydroxyl groups excluding tert-OH is 1. The van der Waals surface area contributed by atoms with E-state index >= 15 is 0 Å². The zero-order valence-corrected chi connectivity index (χ0v) is 13.7. The Kier molecular flexibility index (Phi) is 5.79. The predicted octanol–water partition coefficient (Wildman–Crippen LogP) is 1.07. The highest BCUT2D eigenvalue weighted by Gasteiger charge is 2.27. The van der Waals surface area contributed by atoms with Crippen molar-refractivity contribution in [1.82, 2.24) is 19.6 Å². The molecule has 1 aliphatic rings. The number of carbonyl (C=O) groups excluding carboxylic acids is 1. The number of aliphatic hydroxyl groups is 1. The van der Waals surface area contributed by atoms with E-state index in [0.717, 1.165) is 32.4 Å². The normalized spacial score (nSPS) is 21.3. The lowest BCUT2D eigenvalue weighted by atomic mass is 10.1. The number of hydrogen-bond donors (Lipinski definition) is 2. The lowest BCUT2D eigenvalue weighted by Crippen LogP contribution is -2.37. The fraction of sp³-hybridized carbons (Fsp3) is 0.733. The van der Waals surface area contributed by atoms with Gasteiger partial charge in [-0.2, -0.15) is 5.10 Å². The van der Waals surface area contributed by atoms with E-state index in [1.165, 1.54) is 0 Å². The molecule has 1 aromatic heterocycles. The summed E-state index contributed by atoms with van der Waals surface area (Å²) < 4.78 is 1.82. The molecule has 1 fully saturated rings. The van der Waals surface area contributed by atoms with Crippen molar-refractivity contribution in [3.05, 3.63) is 12.4 Å². The maximum atomic E-state index is 12.2. The van der Waals surface area contributed by atoms with Gasteiger partial charge in [0.2, 0.25) is 0 Å². The lowest BCUT2D eigenvalue weighted by molar-refractivity contribution is 0.116. The van der Waals surface area contributed by atoms with Crippen LogP contribution in [-0.4, -0.2) is 71.1 Å². The van der Waals surface area contributed by atoms with Crippen LogP contribution < -0.4 is 5.32 Å². The van der Waals surface area contributed by atoms with E-state index in [-0.39, 0.29) is 18.1 Å². The van der Waals surface area contributed by atoms with Gasteiger partial charge in [0.05, 0.1) is 24.5 Å². The van der Waals surface area contributed by atoms with Gasteiger partial charge in [0, 0.05) is 32.3 Å². The standard InChI is InChI=1S/C15H27N5O2/c1-18(2)7-8-20-11-13(9-16-20)17-15(22)19(3)10-12-5-4-6-14(12)21/h9,11-12,14,21H,4-8,10H2,1-3H3,(H,17,22). The Morgan fingerprint density at radius 3 is 2.86 bits per heavy atom. The number of nitrogens with zero attached hydrogens (tertiary/aromatic N) is 4. The van der Waals surface area contributed by atoms with Crippen LogP contribution in [0.2, 0.25) is 0 Å². The monoisotopic (exact) mass is 309 g/mol. The van der Waals surface area contributed by atoms with Gasteiger partial charge in [0.1, 0.15) is 0 Å². The molecule has 2 amide bonds. The molecule has 2 unspecified atom stereocenters. The van der Waals surface area contributed by atoms with Gasteiger partial charge in [-0.3, -0.25) is 4.68 Å². The van der Waals surface area contributed by atoms with Gasteiger partial charge >= 0.3 is 6.03 Å². The molecule has 2 N–H and O–H groups in total. The van der Waals surface area contributed by atoms with Gasteiger partial charge in [-0.05, 0) is 26.9 Å². The van der Waals surface area contributed by atoms with Crippen molar-refractivity contribution in [3.8, 4) is 0 Å². The summed E-state index contributed by atoms with van der Waals surface area (Å²) >= 11 is 0. The molecule has 7 nitrogen and oxygen atoms in total. The number of urea groups is 1. The summed E-state index contributed by atoms with van der Waals surface area (Å²) in [5.41, 5.74) is 0.697. The van der Waals surface area contributed by atoms with Gasteiger partial charge in [-0.25, -0.2) is 4.79 Å². The Morgan fingerprint density at radius 2 is 2.23 bits per heavy atom. The second kappa shape index (κ2) is 7.60. The van der Waals surface area contributed by atoms with Gasteiger partial charge < -0.3 is 20.2 Å². The molecule has 7 heteroatoms. The summed E-state index contributed by atoms with van der Waals surface area (Å²) in [6, 6.07) is -0.161. The molecule has 0 spiro atoms. The molecule has 22 heavy (non-hydrogen) atoms. The van der Waals surface area contributed by atoms with E-state index in [1.54, 1.807) is 18.1 Å². The van der Waals surface area contributed by atoms with E-state index in [0.29, 0.717) is 12.2 Å². The van der Waals surface area contributed by atoms with E-state index in [9.17, 15) is 9.90 Å². The van der Waals surface area contributed by atoms with Crippen molar-refractivity contribution in [2.45, 2.75) is 31.9 Å². The van der Waals surface area contributed by atoms with Crippen LogP contribution in [0.25, 0.3) is 0 Å². The minimum absolute atomic E-state index is 0.161. The van der Waals surface area contributed by atoms with Gasteiger partial charge in [0.15, 0.2) is 0 Å². The minimum atomic E-state index is -0.274. The third-order valence-corrected chi connectivity index (χ3v) is 4.13. The summed E-state index contributed by atoms with van der Waals surface area (Å²) in [7, 11) is 5.79. The van der Waals surface area contributed by atoms with Gasteiger partial charge in [-0.15, -0.1) is 0 Å². The molecule has 2 rings (SSSR count). The number of hydrogen-bond acceptors (Lipinski definition) is 4. The first-order valence-electron chi connectivity index (χ1n) is 7.83. The van der Waals surface area contributed by atoms with Crippen LogP contribution in [0, 0.1) is 5.92 Å². The van der Waals surface area contributed by atoms with Crippen molar-refractivity contribution in [2.75, 3.05) is 39.5 Å². The fourth-order valence-electron chi connectivity index (χ4n) is 2.74. The smallest absolute Gasteiger partial charge is 0.321 e. The minimum Gasteiger partial charge on any atom is -0.393 e. The Balaban J connectivity index is 1.80. The average Bonchev–Trinajstić information content (AvgIpc) is 3.06. The van der Waals surface area contributed by atoms with Gasteiger partial charge in [-0.1, -0.05) is 6.42 Å². The molecule has 0 aliphatic heterocycles. The molecule has 1 saturated carbocycles. The molecule has 0 saturated heterocycles. The summed E-state index contributed by atoms with van der Waals surface area (Å²) in [4.78, 5) is 15.9. The molecule has 1 aromatic rings. The number of carbonyl (C=O) groups is 1. The van der Waals surface area contributed by atoms with Crippen LogP contribution in [0.15, 0.2) is 12.4 Å². The molecule has 1 heterocycles.